The summed E-state index contributed by atoms with van der Waals surface area (Å²) in [5.74, 6) is -0.100. The Kier molecular flexibility index (Phi) is 7.79. The lowest BCUT2D eigenvalue weighted by molar-refractivity contribution is 0.102. The standard InChI is InChI=1S/C25H25ClN2O4S/c1-4-16-28(23-12-8-9-13-24(23)32-3)33(30,31)19-14-15-21(26)20(17-19)25(29)27-22-11-7-6-10-18(22)5-2/h4,6-15,17H,1,5,16H2,2-3H3,(H,27,29). The fourth-order valence-electron chi connectivity index (χ4n) is 3.39. The first-order valence-corrected chi connectivity index (χ1v) is 12.1. The lowest BCUT2D eigenvalue weighted by Gasteiger charge is -2.25. The summed E-state index contributed by atoms with van der Waals surface area (Å²) in [4.78, 5) is 12.9. The van der Waals surface area contributed by atoms with Crippen LogP contribution in [-0.2, 0) is 16.4 Å². The molecule has 3 aromatic carbocycles. The van der Waals surface area contributed by atoms with Gasteiger partial charge in [-0.15, -0.1) is 6.58 Å². The average molecular weight is 485 g/mol. The highest BCUT2D eigenvalue weighted by Gasteiger charge is 2.28. The van der Waals surface area contributed by atoms with Gasteiger partial charge in [-0.3, -0.25) is 9.10 Å². The first-order valence-electron chi connectivity index (χ1n) is 10.3. The number of ether oxygens (including phenoxy) is 1. The molecule has 0 heterocycles. The van der Waals surface area contributed by atoms with Crippen LogP contribution >= 0.6 is 11.6 Å². The van der Waals surface area contributed by atoms with Crippen molar-refractivity contribution in [1.82, 2.24) is 0 Å². The highest BCUT2D eigenvalue weighted by Crippen LogP contribution is 2.33. The van der Waals surface area contributed by atoms with Crippen LogP contribution < -0.4 is 14.4 Å². The Morgan fingerprint density at radius 1 is 1.12 bits per heavy atom. The molecule has 0 bridgehead atoms. The largest absolute Gasteiger partial charge is 0.495 e. The number of hydrogen-bond acceptors (Lipinski definition) is 4. The summed E-state index contributed by atoms with van der Waals surface area (Å²) < 4.78 is 33.7. The van der Waals surface area contributed by atoms with Crippen molar-refractivity contribution >= 4 is 38.9 Å². The van der Waals surface area contributed by atoms with E-state index in [1.54, 1.807) is 30.3 Å². The fourth-order valence-corrected chi connectivity index (χ4v) is 5.06. The lowest BCUT2D eigenvalue weighted by atomic mass is 10.1. The van der Waals surface area contributed by atoms with Gasteiger partial charge in [-0.25, -0.2) is 8.42 Å². The van der Waals surface area contributed by atoms with E-state index < -0.39 is 15.9 Å². The minimum Gasteiger partial charge on any atom is -0.495 e. The van der Waals surface area contributed by atoms with Crippen molar-refractivity contribution in [3.05, 3.63) is 95.5 Å². The molecule has 0 saturated heterocycles. The molecule has 1 N–H and O–H groups in total. The van der Waals surface area contributed by atoms with Crippen molar-refractivity contribution < 1.29 is 17.9 Å². The molecule has 0 aliphatic heterocycles. The topological polar surface area (TPSA) is 75.7 Å². The van der Waals surface area contributed by atoms with Gasteiger partial charge in [0.1, 0.15) is 5.75 Å². The second-order valence-electron chi connectivity index (χ2n) is 7.10. The van der Waals surface area contributed by atoms with Gasteiger partial charge in [-0.05, 0) is 48.4 Å². The summed E-state index contributed by atoms with van der Waals surface area (Å²) in [5, 5.41) is 2.98. The number of anilines is 2. The van der Waals surface area contributed by atoms with Crippen LogP contribution in [0, 0.1) is 0 Å². The summed E-state index contributed by atoms with van der Waals surface area (Å²) >= 11 is 6.28. The third-order valence-electron chi connectivity index (χ3n) is 5.07. The van der Waals surface area contributed by atoms with Gasteiger partial charge in [0.2, 0.25) is 0 Å². The zero-order valence-corrected chi connectivity index (χ0v) is 20.0. The smallest absolute Gasteiger partial charge is 0.264 e. The number of methoxy groups -OCH3 is 1. The molecule has 0 unspecified atom stereocenters. The molecule has 3 aromatic rings. The van der Waals surface area contributed by atoms with E-state index in [-0.39, 0.29) is 22.0 Å². The Morgan fingerprint density at radius 3 is 2.52 bits per heavy atom. The molecule has 33 heavy (non-hydrogen) atoms. The maximum atomic E-state index is 13.6. The summed E-state index contributed by atoms with van der Waals surface area (Å²) in [6.45, 7) is 5.67. The molecular weight excluding hydrogens is 460 g/mol. The van der Waals surface area contributed by atoms with Crippen molar-refractivity contribution in [3.8, 4) is 5.75 Å². The van der Waals surface area contributed by atoms with E-state index in [9.17, 15) is 13.2 Å². The molecule has 8 heteroatoms. The number of rotatable bonds is 9. The van der Waals surface area contributed by atoms with Crippen LogP contribution in [-0.4, -0.2) is 28.0 Å². The van der Waals surface area contributed by atoms with Gasteiger partial charge in [0.25, 0.3) is 15.9 Å². The molecule has 0 spiro atoms. The summed E-state index contributed by atoms with van der Waals surface area (Å²) in [6, 6.07) is 18.3. The van der Waals surface area contributed by atoms with Crippen molar-refractivity contribution in [2.75, 3.05) is 23.3 Å². The molecule has 0 aliphatic carbocycles. The van der Waals surface area contributed by atoms with Crippen molar-refractivity contribution in [1.29, 1.82) is 0 Å². The van der Waals surface area contributed by atoms with Crippen molar-refractivity contribution in [2.24, 2.45) is 0 Å². The summed E-state index contributed by atoms with van der Waals surface area (Å²) in [5.41, 5.74) is 2.02. The number of para-hydroxylation sites is 3. The van der Waals surface area contributed by atoms with Crippen LogP contribution in [0.3, 0.4) is 0 Å². The summed E-state index contributed by atoms with van der Waals surface area (Å²) in [6.07, 6.45) is 2.21. The van der Waals surface area contributed by atoms with Crippen LogP contribution in [0.5, 0.6) is 5.75 Å². The predicted molar refractivity (Wildman–Crippen MR) is 133 cm³/mol. The molecular formula is C25H25ClN2O4S. The van der Waals surface area contributed by atoms with Crippen LogP contribution in [0.4, 0.5) is 11.4 Å². The molecule has 6 nitrogen and oxygen atoms in total. The first-order chi connectivity index (χ1) is 15.8. The van der Waals surface area contributed by atoms with Gasteiger partial charge in [-0.2, -0.15) is 0 Å². The third kappa shape index (κ3) is 5.21. The molecule has 172 valence electrons. The molecule has 3 rings (SSSR count). The normalized spacial score (nSPS) is 11.0. The van der Waals surface area contributed by atoms with E-state index in [4.69, 9.17) is 16.3 Å². The van der Waals surface area contributed by atoms with Crippen molar-refractivity contribution in [2.45, 2.75) is 18.2 Å². The van der Waals surface area contributed by atoms with E-state index in [0.717, 1.165) is 12.0 Å². The molecule has 0 fully saturated rings. The van der Waals surface area contributed by atoms with Crippen LogP contribution in [0.25, 0.3) is 0 Å². The second-order valence-corrected chi connectivity index (χ2v) is 9.37. The van der Waals surface area contributed by atoms with E-state index >= 15 is 0 Å². The predicted octanol–water partition coefficient (Wildman–Crippen LogP) is 5.54. The SMILES string of the molecule is C=CCN(c1ccccc1OC)S(=O)(=O)c1ccc(Cl)c(C(=O)Nc2ccccc2CC)c1. The van der Waals surface area contributed by atoms with E-state index in [1.165, 1.54) is 35.7 Å². The zero-order valence-electron chi connectivity index (χ0n) is 18.4. The number of nitrogens with zero attached hydrogens (tertiary/aromatic N) is 1. The molecule has 0 saturated carbocycles. The Morgan fingerprint density at radius 2 is 1.82 bits per heavy atom. The number of hydrogen-bond donors (Lipinski definition) is 1. The number of aryl methyl sites for hydroxylation is 1. The molecule has 0 aromatic heterocycles. The molecule has 1 amide bonds. The zero-order chi connectivity index (χ0) is 24.0. The number of sulfonamides is 1. The Labute approximate surface area is 199 Å². The Balaban J connectivity index is 2.03. The van der Waals surface area contributed by atoms with Gasteiger partial charge in [-0.1, -0.05) is 54.9 Å². The van der Waals surface area contributed by atoms with Crippen LogP contribution in [0.1, 0.15) is 22.8 Å². The van der Waals surface area contributed by atoms with Gasteiger partial charge < -0.3 is 10.1 Å². The highest BCUT2D eigenvalue weighted by molar-refractivity contribution is 7.92. The maximum Gasteiger partial charge on any atom is 0.264 e. The van der Waals surface area contributed by atoms with Gasteiger partial charge >= 0.3 is 0 Å². The van der Waals surface area contributed by atoms with Gasteiger partial charge in [0, 0.05) is 5.69 Å². The minimum atomic E-state index is -4.06. The number of carbonyl (C=O) groups is 1. The van der Waals surface area contributed by atoms with Crippen molar-refractivity contribution in [3.63, 3.8) is 0 Å². The molecule has 0 atom stereocenters. The summed E-state index contributed by atoms with van der Waals surface area (Å²) in [7, 11) is -2.60. The third-order valence-corrected chi connectivity index (χ3v) is 7.17. The first kappa shape index (κ1) is 24.4. The van der Waals surface area contributed by atoms with E-state index in [1.807, 2.05) is 25.1 Å². The van der Waals surface area contributed by atoms with Crippen LogP contribution in [0.2, 0.25) is 5.02 Å². The van der Waals surface area contributed by atoms with E-state index in [2.05, 4.69) is 11.9 Å². The monoisotopic (exact) mass is 484 g/mol. The Bertz CT molecular complexity index is 1270. The fraction of sp³-hybridized carbons (Fsp3) is 0.160. The van der Waals surface area contributed by atoms with Crippen LogP contribution in [0.15, 0.2) is 84.3 Å². The quantitative estimate of drug-likeness (QED) is 0.404. The number of nitrogens with one attached hydrogen (secondary N) is 1. The van der Waals surface area contributed by atoms with Gasteiger partial charge in [0.05, 0.1) is 34.8 Å². The highest BCUT2D eigenvalue weighted by atomic mass is 35.5. The number of halogens is 1. The minimum absolute atomic E-state index is 0.0107. The van der Waals surface area contributed by atoms with E-state index in [0.29, 0.717) is 17.1 Å². The maximum absolute atomic E-state index is 13.6. The molecule has 0 aliphatic rings. The lowest BCUT2D eigenvalue weighted by Crippen LogP contribution is -2.31. The average Bonchev–Trinajstić information content (AvgIpc) is 2.82. The van der Waals surface area contributed by atoms with Gasteiger partial charge in [0.15, 0.2) is 0 Å². The number of amides is 1. The molecule has 0 radical (unpaired) electrons. The number of carbonyl (C=O) groups excluding carboxylic acids is 1. The second kappa shape index (κ2) is 10.6. The number of benzene rings is 3. The Hall–Kier alpha value is -3.29.